The van der Waals surface area contributed by atoms with Gasteiger partial charge in [-0.1, -0.05) is 35.3 Å². The zero-order chi connectivity index (χ0) is 16.6. The summed E-state index contributed by atoms with van der Waals surface area (Å²) < 4.78 is 6.06. The molecule has 2 aromatic carbocycles. The van der Waals surface area contributed by atoms with Crippen LogP contribution in [0.2, 0.25) is 10.0 Å². The smallest absolute Gasteiger partial charge is 0.143 e. The average molecular weight is 351 g/mol. The van der Waals surface area contributed by atoms with Gasteiger partial charge in [0.05, 0.1) is 16.4 Å². The number of benzene rings is 2. The van der Waals surface area contributed by atoms with Gasteiger partial charge in [-0.2, -0.15) is 0 Å². The number of ether oxygens (including phenoxy) is 1. The Kier molecular flexibility index (Phi) is 4.60. The summed E-state index contributed by atoms with van der Waals surface area (Å²) in [7, 11) is 2.11. The molecule has 0 fully saturated rings. The van der Waals surface area contributed by atoms with Crippen molar-refractivity contribution in [1.29, 1.82) is 0 Å². The van der Waals surface area contributed by atoms with Crippen LogP contribution < -0.4 is 15.4 Å². The van der Waals surface area contributed by atoms with Crippen molar-refractivity contribution < 1.29 is 4.74 Å². The van der Waals surface area contributed by atoms with Gasteiger partial charge >= 0.3 is 0 Å². The van der Waals surface area contributed by atoms with Gasteiger partial charge in [-0.25, -0.2) is 0 Å². The number of aryl methyl sites for hydroxylation is 1. The summed E-state index contributed by atoms with van der Waals surface area (Å²) in [6.45, 7) is 2.52. The summed E-state index contributed by atoms with van der Waals surface area (Å²) in [5, 5.41) is 1.03. The SMILES string of the molecule is CC1CCc2cccc(OCc3c(Cl)ccc(N)c3Cl)c2N1C. The number of hydrogen-bond acceptors (Lipinski definition) is 3. The fourth-order valence-electron chi connectivity index (χ4n) is 2.96. The Morgan fingerprint density at radius 3 is 2.83 bits per heavy atom. The highest BCUT2D eigenvalue weighted by molar-refractivity contribution is 6.37. The predicted octanol–water partition coefficient (Wildman–Crippen LogP) is 4.93. The van der Waals surface area contributed by atoms with E-state index in [9.17, 15) is 0 Å². The molecule has 0 saturated heterocycles. The van der Waals surface area contributed by atoms with Crippen LogP contribution in [0.5, 0.6) is 5.75 Å². The third-order valence-electron chi connectivity index (χ3n) is 4.52. The van der Waals surface area contributed by atoms with Crippen LogP contribution in [0.3, 0.4) is 0 Å². The summed E-state index contributed by atoms with van der Waals surface area (Å²) in [5.74, 6) is 0.853. The van der Waals surface area contributed by atoms with Gasteiger partial charge < -0.3 is 15.4 Å². The molecule has 1 unspecified atom stereocenters. The number of fused-ring (bicyclic) bond motifs is 1. The number of rotatable bonds is 3. The topological polar surface area (TPSA) is 38.5 Å². The van der Waals surface area contributed by atoms with E-state index in [2.05, 4.69) is 24.9 Å². The molecule has 0 aromatic heterocycles. The lowest BCUT2D eigenvalue weighted by Crippen LogP contribution is -2.33. The van der Waals surface area contributed by atoms with E-state index in [1.807, 2.05) is 12.1 Å². The molecule has 0 amide bonds. The van der Waals surface area contributed by atoms with Crippen LogP contribution in [0.1, 0.15) is 24.5 Å². The second-order valence-corrected chi connectivity index (χ2v) is 6.77. The highest BCUT2D eigenvalue weighted by Gasteiger charge is 2.23. The lowest BCUT2D eigenvalue weighted by molar-refractivity contribution is 0.305. The molecule has 1 atom stereocenters. The molecule has 0 saturated carbocycles. The molecule has 2 N–H and O–H groups in total. The van der Waals surface area contributed by atoms with Crippen molar-refractivity contribution in [3.05, 3.63) is 51.5 Å². The number of hydrogen-bond donors (Lipinski definition) is 1. The molecule has 1 aliphatic heterocycles. The molecule has 23 heavy (non-hydrogen) atoms. The van der Waals surface area contributed by atoms with Crippen LogP contribution in [-0.4, -0.2) is 13.1 Å². The molecular formula is C18H20Cl2N2O. The molecule has 1 aliphatic rings. The number of nitrogens with two attached hydrogens (primary N) is 1. The van der Waals surface area contributed by atoms with E-state index >= 15 is 0 Å². The van der Waals surface area contributed by atoms with Crippen molar-refractivity contribution in [3.63, 3.8) is 0 Å². The van der Waals surface area contributed by atoms with Gasteiger partial charge in [0, 0.05) is 23.7 Å². The van der Waals surface area contributed by atoms with E-state index in [1.54, 1.807) is 12.1 Å². The Morgan fingerprint density at radius 1 is 1.26 bits per heavy atom. The van der Waals surface area contributed by atoms with Crippen LogP contribution in [0.15, 0.2) is 30.3 Å². The zero-order valence-electron chi connectivity index (χ0n) is 13.3. The first kappa shape index (κ1) is 16.3. The zero-order valence-corrected chi connectivity index (χ0v) is 14.8. The van der Waals surface area contributed by atoms with Gasteiger partial charge in [-0.05, 0) is 43.5 Å². The first-order valence-corrected chi connectivity index (χ1v) is 8.44. The fraction of sp³-hybridized carbons (Fsp3) is 0.333. The monoisotopic (exact) mass is 350 g/mol. The molecule has 0 bridgehead atoms. The van der Waals surface area contributed by atoms with Crippen molar-refractivity contribution >= 4 is 34.6 Å². The Balaban J connectivity index is 1.90. The van der Waals surface area contributed by atoms with Crippen molar-refractivity contribution in [2.24, 2.45) is 0 Å². The summed E-state index contributed by atoms with van der Waals surface area (Å²) in [6.07, 6.45) is 2.22. The summed E-state index contributed by atoms with van der Waals surface area (Å²) in [6, 6.07) is 10.1. The highest BCUT2D eigenvalue weighted by Crippen LogP contribution is 2.39. The normalized spacial score (nSPS) is 17.0. The summed E-state index contributed by atoms with van der Waals surface area (Å²) >= 11 is 12.5. The Hall–Kier alpha value is -1.58. The molecule has 3 rings (SSSR count). The lowest BCUT2D eigenvalue weighted by Gasteiger charge is -2.35. The number of anilines is 2. The van der Waals surface area contributed by atoms with E-state index < -0.39 is 0 Å². The summed E-state index contributed by atoms with van der Waals surface area (Å²) in [4.78, 5) is 2.27. The number of nitrogen functional groups attached to an aromatic ring is 1. The molecule has 0 radical (unpaired) electrons. The van der Waals surface area contributed by atoms with Crippen LogP contribution in [-0.2, 0) is 13.0 Å². The summed E-state index contributed by atoms with van der Waals surface area (Å²) in [5.41, 5.74) is 9.55. The maximum absolute atomic E-state index is 6.26. The van der Waals surface area contributed by atoms with Gasteiger partial charge in [0.1, 0.15) is 12.4 Å². The Labute approximate surface area is 146 Å². The number of para-hydroxylation sites is 1. The highest BCUT2D eigenvalue weighted by atomic mass is 35.5. The third-order valence-corrected chi connectivity index (χ3v) is 5.32. The standard InChI is InChI=1S/C18H20Cl2N2O/c1-11-6-7-12-4-3-5-16(18(12)22(11)2)23-10-13-14(19)8-9-15(21)17(13)20/h3-5,8-9,11H,6-7,10,21H2,1-2H3. The van der Waals surface area contributed by atoms with Crippen molar-refractivity contribution in [1.82, 2.24) is 0 Å². The van der Waals surface area contributed by atoms with Crippen molar-refractivity contribution in [3.8, 4) is 5.75 Å². The second-order valence-electron chi connectivity index (χ2n) is 5.98. The number of nitrogens with zero attached hydrogens (tertiary/aromatic N) is 1. The first-order chi connectivity index (χ1) is 11.0. The van der Waals surface area contributed by atoms with Crippen molar-refractivity contribution in [2.75, 3.05) is 17.7 Å². The van der Waals surface area contributed by atoms with Crippen LogP contribution in [0.4, 0.5) is 11.4 Å². The van der Waals surface area contributed by atoms with Gasteiger partial charge in [0.2, 0.25) is 0 Å². The minimum absolute atomic E-state index is 0.293. The van der Waals surface area contributed by atoms with Gasteiger partial charge in [-0.15, -0.1) is 0 Å². The third kappa shape index (κ3) is 3.08. The van der Waals surface area contributed by atoms with E-state index in [4.69, 9.17) is 33.7 Å². The quantitative estimate of drug-likeness (QED) is 0.798. The molecular weight excluding hydrogens is 331 g/mol. The maximum Gasteiger partial charge on any atom is 0.143 e. The Morgan fingerprint density at radius 2 is 2.04 bits per heavy atom. The molecule has 3 nitrogen and oxygen atoms in total. The van der Waals surface area contributed by atoms with E-state index in [0.717, 1.165) is 29.8 Å². The molecule has 0 spiro atoms. The first-order valence-electron chi connectivity index (χ1n) is 7.69. The average Bonchev–Trinajstić information content (AvgIpc) is 2.54. The molecule has 2 aromatic rings. The fourth-order valence-corrected chi connectivity index (χ4v) is 3.44. The van der Waals surface area contributed by atoms with Crippen LogP contribution >= 0.6 is 23.2 Å². The molecule has 0 aliphatic carbocycles. The predicted molar refractivity (Wildman–Crippen MR) is 97.8 cm³/mol. The van der Waals surface area contributed by atoms with Crippen LogP contribution in [0.25, 0.3) is 0 Å². The number of halogens is 2. The molecule has 122 valence electrons. The minimum Gasteiger partial charge on any atom is -0.487 e. The van der Waals surface area contributed by atoms with Crippen molar-refractivity contribution in [2.45, 2.75) is 32.4 Å². The van der Waals surface area contributed by atoms with E-state index in [-0.39, 0.29) is 0 Å². The minimum atomic E-state index is 0.293. The maximum atomic E-state index is 6.26. The Bertz CT molecular complexity index is 733. The van der Waals surface area contributed by atoms with Crippen LogP contribution in [0, 0.1) is 0 Å². The van der Waals surface area contributed by atoms with E-state index in [0.29, 0.717) is 28.4 Å². The van der Waals surface area contributed by atoms with Gasteiger partial charge in [0.15, 0.2) is 0 Å². The second kappa shape index (κ2) is 6.50. The lowest BCUT2D eigenvalue weighted by atomic mass is 9.97. The largest absolute Gasteiger partial charge is 0.487 e. The molecule has 1 heterocycles. The molecule has 5 heteroatoms. The van der Waals surface area contributed by atoms with Gasteiger partial charge in [0.25, 0.3) is 0 Å². The van der Waals surface area contributed by atoms with Gasteiger partial charge in [-0.3, -0.25) is 0 Å². The van der Waals surface area contributed by atoms with E-state index in [1.165, 1.54) is 5.56 Å².